The summed E-state index contributed by atoms with van der Waals surface area (Å²) in [5.41, 5.74) is 2.38. The minimum atomic E-state index is 0.715. The minimum Gasteiger partial charge on any atom is -0.372 e. The van der Waals surface area contributed by atoms with Crippen molar-refractivity contribution in [3.05, 3.63) is 36.5 Å². The number of nitrogens with one attached hydrogen (secondary N) is 1. The molecule has 3 heterocycles. The number of rotatable bonds is 4. The van der Waals surface area contributed by atoms with Crippen LogP contribution >= 0.6 is 0 Å². The van der Waals surface area contributed by atoms with Crippen molar-refractivity contribution in [3.8, 4) is 0 Å². The van der Waals surface area contributed by atoms with E-state index >= 15 is 0 Å². The highest BCUT2D eigenvalue weighted by Crippen LogP contribution is 2.25. The first-order valence-corrected chi connectivity index (χ1v) is 9.48. The maximum Gasteiger partial charge on any atom is 0.227 e. The van der Waals surface area contributed by atoms with Gasteiger partial charge in [-0.25, -0.2) is 4.98 Å². The van der Waals surface area contributed by atoms with Crippen LogP contribution in [0.1, 0.15) is 32.6 Å². The number of hydrogen-bond donors (Lipinski definition) is 1. The molecule has 1 aromatic heterocycles. The Kier molecular flexibility index (Phi) is 4.72. The highest BCUT2D eigenvalue weighted by molar-refractivity contribution is 5.61. The van der Waals surface area contributed by atoms with Gasteiger partial charge >= 0.3 is 0 Å². The van der Waals surface area contributed by atoms with Crippen molar-refractivity contribution in [2.75, 3.05) is 41.3 Å². The molecule has 1 unspecified atom stereocenters. The van der Waals surface area contributed by atoms with Crippen LogP contribution in [0.25, 0.3) is 0 Å². The van der Waals surface area contributed by atoms with Gasteiger partial charge in [-0.1, -0.05) is 6.92 Å². The maximum absolute atomic E-state index is 4.72. The predicted molar refractivity (Wildman–Crippen MR) is 104 cm³/mol. The van der Waals surface area contributed by atoms with E-state index in [1.54, 1.807) is 0 Å². The maximum atomic E-state index is 4.72. The zero-order valence-electron chi connectivity index (χ0n) is 15.0. The second kappa shape index (κ2) is 7.30. The lowest BCUT2D eigenvalue weighted by Crippen LogP contribution is -2.35. The molecule has 25 heavy (non-hydrogen) atoms. The Bertz CT molecular complexity index is 693. The van der Waals surface area contributed by atoms with Crippen molar-refractivity contribution in [2.24, 2.45) is 5.92 Å². The van der Waals surface area contributed by atoms with E-state index in [1.165, 1.54) is 44.5 Å². The van der Waals surface area contributed by atoms with Crippen LogP contribution in [0.2, 0.25) is 0 Å². The average Bonchev–Trinajstić information content (AvgIpc) is 3.17. The Labute approximate surface area is 150 Å². The van der Waals surface area contributed by atoms with E-state index in [0.717, 1.165) is 30.5 Å². The van der Waals surface area contributed by atoms with E-state index in [-0.39, 0.29) is 0 Å². The van der Waals surface area contributed by atoms with Gasteiger partial charge in [0.25, 0.3) is 0 Å². The molecule has 0 spiro atoms. The quantitative estimate of drug-likeness (QED) is 0.911. The topological polar surface area (TPSA) is 44.3 Å². The smallest absolute Gasteiger partial charge is 0.227 e. The summed E-state index contributed by atoms with van der Waals surface area (Å²) in [6.07, 6.45) is 6.98. The SMILES string of the molecule is CC1CCCN(c2nccc(Nc3ccc(N4CCCC4)cc3)n2)C1. The molecule has 5 heteroatoms. The number of hydrogen-bond acceptors (Lipinski definition) is 5. The molecule has 2 aliphatic heterocycles. The van der Waals surface area contributed by atoms with Crippen molar-refractivity contribution in [3.63, 3.8) is 0 Å². The highest BCUT2D eigenvalue weighted by Gasteiger charge is 2.18. The van der Waals surface area contributed by atoms with Crippen molar-refractivity contribution in [1.29, 1.82) is 0 Å². The third-order valence-corrected chi connectivity index (χ3v) is 5.19. The summed E-state index contributed by atoms with van der Waals surface area (Å²) >= 11 is 0. The van der Waals surface area contributed by atoms with Gasteiger partial charge in [0.05, 0.1) is 0 Å². The number of anilines is 4. The summed E-state index contributed by atoms with van der Waals surface area (Å²) in [5, 5.41) is 3.42. The fourth-order valence-electron chi connectivity index (χ4n) is 3.82. The Balaban J connectivity index is 1.44. The number of piperidine rings is 1. The molecule has 1 N–H and O–H groups in total. The summed E-state index contributed by atoms with van der Waals surface area (Å²) in [7, 11) is 0. The van der Waals surface area contributed by atoms with Crippen molar-refractivity contribution < 1.29 is 0 Å². The van der Waals surface area contributed by atoms with Crippen LogP contribution < -0.4 is 15.1 Å². The second-order valence-electron chi connectivity index (χ2n) is 7.30. The fraction of sp³-hybridized carbons (Fsp3) is 0.500. The third kappa shape index (κ3) is 3.86. The van der Waals surface area contributed by atoms with Gasteiger partial charge in [0.2, 0.25) is 5.95 Å². The summed E-state index contributed by atoms with van der Waals surface area (Å²) in [6.45, 7) is 6.76. The molecule has 2 fully saturated rings. The largest absolute Gasteiger partial charge is 0.372 e. The molecule has 2 aliphatic rings. The van der Waals surface area contributed by atoms with Gasteiger partial charge in [0.1, 0.15) is 5.82 Å². The van der Waals surface area contributed by atoms with Crippen LogP contribution in [-0.2, 0) is 0 Å². The summed E-state index contributed by atoms with van der Waals surface area (Å²) in [5.74, 6) is 2.41. The van der Waals surface area contributed by atoms with Gasteiger partial charge in [-0.05, 0) is 61.9 Å². The monoisotopic (exact) mass is 337 g/mol. The van der Waals surface area contributed by atoms with Crippen LogP contribution in [-0.4, -0.2) is 36.1 Å². The van der Waals surface area contributed by atoms with Gasteiger partial charge in [-0.15, -0.1) is 0 Å². The molecular formula is C20H27N5. The van der Waals surface area contributed by atoms with Crippen molar-refractivity contribution >= 4 is 23.1 Å². The highest BCUT2D eigenvalue weighted by atomic mass is 15.3. The van der Waals surface area contributed by atoms with Crippen molar-refractivity contribution in [2.45, 2.75) is 32.6 Å². The summed E-state index contributed by atoms with van der Waals surface area (Å²) in [4.78, 5) is 13.9. The number of nitrogens with zero attached hydrogens (tertiary/aromatic N) is 4. The van der Waals surface area contributed by atoms with E-state index in [9.17, 15) is 0 Å². The average molecular weight is 337 g/mol. The standard InChI is InChI=1S/C20H27N5/c1-16-5-4-14-25(15-16)20-21-11-10-19(23-20)22-17-6-8-18(9-7-17)24-12-2-3-13-24/h6-11,16H,2-5,12-15H2,1H3,(H,21,22,23). The van der Waals surface area contributed by atoms with Gasteiger partial charge < -0.3 is 15.1 Å². The lowest BCUT2D eigenvalue weighted by Gasteiger charge is -2.30. The molecule has 4 rings (SSSR count). The van der Waals surface area contributed by atoms with Gasteiger partial charge in [-0.3, -0.25) is 0 Å². The van der Waals surface area contributed by atoms with E-state index in [4.69, 9.17) is 4.98 Å². The Morgan fingerprint density at radius 3 is 2.48 bits per heavy atom. The second-order valence-corrected chi connectivity index (χ2v) is 7.30. The zero-order chi connectivity index (χ0) is 17.1. The predicted octanol–water partition coefficient (Wildman–Crippen LogP) is 4.06. The molecule has 132 valence electrons. The van der Waals surface area contributed by atoms with E-state index < -0.39 is 0 Å². The molecule has 0 saturated carbocycles. The molecule has 0 bridgehead atoms. The first kappa shape index (κ1) is 16.2. The van der Waals surface area contributed by atoms with Gasteiger partial charge in [-0.2, -0.15) is 4.98 Å². The van der Waals surface area contributed by atoms with E-state index in [1.807, 2.05) is 12.3 Å². The van der Waals surface area contributed by atoms with Gasteiger partial charge in [0.15, 0.2) is 0 Å². The zero-order valence-corrected chi connectivity index (χ0v) is 15.0. The van der Waals surface area contributed by atoms with E-state index in [2.05, 4.69) is 51.3 Å². The molecule has 0 radical (unpaired) electrons. The summed E-state index contributed by atoms with van der Waals surface area (Å²) < 4.78 is 0. The molecular weight excluding hydrogens is 310 g/mol. The molecule has 0 amide bonds. The van der Waals surface area contributed by atoms with Crippen LogP contribution in [0.5, 0.6) is 0 Å². The molecule has 5 nitrogen and oxygen atoms in total. The molecule has 2 saturated heterocycles. The number of aromatic nitrogens is 2. The fourth-order valence-corrected chi connectivity index (χ4v) is 3.82. The van der Waals surface area contributed by atoms with Crippen LogP contribution in [0.15, 0.2) is 36.5 Å². The third-order valence-electron chi connectivity index (χ3n) is 5.19. The lowest BCUT2D eigenvalue weighted by molar-refractivity contribution is 0.442. The molecule has 1 aromatic carbocycles. The molecule has 2 aromatic rings. The van der Waals surface area contributed by atoms with Crippen molar-refractivity contribution in [1.82, 2.24) is 9.97 Å². The Morgan fingerprint density at radius 2 is 1.72 bits per heavy atom. The number of benzene rings is 1. The Hall–Kier alpha value is -2.30. The summed E-state index contributed by atoms with van der Waals surface area (Å²) in [6, 6.07) is 10.6. The van der Waals surface area contributed by atoms with Crippen LogP contribution in [0, 0.1) is 5.92 Å². The first-order chi connectivity index (χ1) is 12.3. The van der Waals surface area contributed by atoms with E-state index in [0.29, 0.717) is 5.92 Å². The van der Waals surface area contributed by atoms with Gasteiger partial charge in [0, 0.05) is 43.8 Å². The van der Waals surface area contributed by atoms with Crippen LogP contribution in [0.4, 0.5) is 23.1 Å². The minimum absolute atomic E-state index is 0.715. The first-order valence-electron chi connectivity index (χ1n) is 9.48. The molecule has 1 atom stereocenters. The molecule has 0 aliphatic carbocycles. The van der Waals surface area contributed by atoms with Crippen LogP contribution in [0.3, 0.4) is 0 Å². The normalized spacial score (nSPS) is 20.8. The Morgan fingerprint density at radius 1 is 0.960 bits per heavy atom. The lowest BCUT2D eigenvalue weighted by atomic mass is 10.0.